The third-order valence-corrected chi connectivity index (χ3v) is 7.91. The first-order chi connectivity index (χ1) is 14.4. The lowest BCUT2D eigenvalue weighted by molar-refractivity contribution is -0.384. The number of rotatable bonds is 5. The molecule has 2 aromatic rings. The van der Waals surface area contributed by atoms with E-state index in [9.17, 15) is 18.5 Å². The number of nitrogens with zero attached hydrogens (tertiary/aromatic N) is 6. The van der Waals surface area contributed by atoms with Crippen molar-refractivity contribution >= 4 is 21.7 Å². The molecule has 0 unspecified atom stereocenters. The van der Waals surface area contributed by atoms with Crippen LogP contribution in [0.4, 0.5) is 11.6 Å². The van der Waals surface area contributed by atoms with E-state index in [1.807, 2.05) is 11.9 Å². The van der Waals surface area contributed by atoms with Gasteiger partial charge in [0, 0.05) is 50.9 Å². The number of aromatic nitrogens is 3. The van der Waals surface area contributed by atoms with E-state index < -0.39 is 20.2 Å². The second kappa shape index (κ2) is 8.28. The van der Waals surface area contributed by atoms with Crippen LogP contribution in [0.5, 0.6) is 0 Å². The summed E-state index contributed by atoms with van der Waals surface area (Å²) in [5.74, 6) is 1.16. The predicted molar refractivity (Wildman–Crippen MR) is 110 cm³/mol. The van der Waals surface area contributed by atoms with E-state index in [1.54, 1.807) is 16.7 Å². The summed E-state index contributed by atoms with van der Waals surface area (Å²) in [4.78, 5) is 12.4. The molecule has 0 amide bonds. The molecule has 162 valence electrons. The van der Waals surface area contributed by atoms with Crippen LogP contribution in [0.3, 0.4) is 0 Å². The maximum absolute atomic E-state index is 13.1. The van der Waals surface area contributed by atoms with Crippen LogP contribution in [0.2, 0.25) is 0 Å². The molecule has 0 bridgehead atoms. The van der Waals surface area contributed by atoms with E-state index in [0.717, 1.165) is 6.42 Å². The van der Waals surface area contributed by atoms with Crippen molar-refractivity contribution in [1.82, 2.24) is 19.1 Å². The van der Waals surface area contributed by atoms with Crippen LogP contribution in [0, 0.1) is 10.1 Å². The average molecular weight is 436 g/mol. The summed E-state index contributed by atoms with van der Waals surface area (Å²) < 4.78 is 34.7. The van der Waals surface area contributed by atoms with Crippen molar-refractivity contribution < 1.29 is 18.1 Å². The van der Waals surface area contributed by atoms with Gasteiger partial charge in [-0.05, 0) is 25.0 Å². The number of ether oxygens (including phenoxy) is 1. The van der Waals surface area contributed by atoms with E-state index in [0.29, 0.717) is 63.1 Å². The molecule has 2 aliphatic heterocycles. The number of hydrogen-bond acceptors (Lipinski definition) is 8. The Morgan fingerprint density at radius 3 is 2.50 bits per heavy atom. The third-order valence-electron chi connectivity index (χ3n) is 5.60. The minimum absolute atomic E-state index is 0.00772. The van der Waals surface area contributed by atoms with Gasteiger partial charge >= 0.3 is 0 Å². The summed E-state index contributed by atoms with van der Waals surface area (Å²) in [6.07, 6.45) is 1.36. The van der Waals surface area contributed by atoms with E-state index >= 15 is 0 Å². The largest absolute Gasteiger partial charge is 0.379 e. The average Bonchev–Trinajstić information content (AvgIpc) is 3.16. The Morgan fingerprint density at radius 2 is 1.83 bits per heavy atom. The van der Waals surface area contributed by atoms with Gasteiger partial charge in [0.05, 0.1) is 23.4 Å². The molecule has 4 rings (SSSR count). The minimum atomic E-state index is -3.41. The van der Waals surface area contributed by atoms with Crippen LogP contribution < -0.4 is 4.90 Å². The van der Waals surface area contributed by atoms with E-state index in [-0.39, 0.29) is 5.69 Å². The molecule has 1 atom stereocenters. The number of morpholine rings is 1. The molecule has 11 nitrogen and oxygen atoms in total. The van der Waals surface area contributed by atoms with Crippen molar-refractivity contribution in [1.29, 1.82) is 0 Å². The Balaban J connectivity index is 1.53. The van der Waals surface area contributed by atoms with Crippen LogP contribution in [-0.4, -0.2) is 77.1 Å². The van der Waals surface area contributed by atoms with Gasteiger partial charge in [0.25, 0.3) is 5.69 Å². The maximum Gasteiger partial charge on any atom is 0.269 e. The van der Waals surface area contributed by atoms with E-state index in [4.69, 9.17) is 4.74 Å². The highest BCUT2D eigenvalue weighted by Crippen LogP contribution is 2.27. The highest BCUT2D eigenvalue weighted by atomic mass is 32.2. The lowest BCUT2D eigenvalue weighted by atomic mass is 10.1. The Kier molecular flexibility index (Phi) is 5.71. The van der Waals surface area contributed by atoms with E-state index in [2.05, 4.69) is 10.2 Å². The van der Waals surface area contributed by atoms with Crippen LogP contribution in [0.25, 0.3) is 11.4 Å². The van der Waals surface area contributed by atoms with Crippen LogP contribution in [-0.2, 0) is 21.8 Å². The van der Waals surface area contributed by atoms with Gasteiger partial charge in [-0.3, -0.25) is 14.7 Å². The van der Waals surface area contributed by atoms with Crippen molar-refractivity contribution in [2.45, 2.75) is 18.1 Å². The summed E-state index contributed by atoms with van der Waals surface area (Å²) >= 11 is 0. The lowest BCUT2D eigenvalue weighted by Crippen LogP contribution is -2.51. The first-order valence-corrected chi connectivity index (χ1v) is 11.3. The topological polar surface area (TPSA) is 124 Å². The molecule has 1 aromatic heterocycles. The molecule has 2 aliphatic rings. The molecule has 0 radical (unpaired) electrons. The molecule has 1 aromatic carbocycles. The Morgan fingerprint density at radius 1 is 1.13 bits per heavy atom. The molecule has 2 saturated heterocycles. The SMILES string of the molecule is Cn1c(-c2ccc([N+](=O)[O-])cc2)nnc1N1CCC[C@@H](S(=O)(=O)N2CCOCC2)C1. The predicted octanol–water partition coefficient (Wildman–Crippen LogP) is 1.02. The molecule has 3 heterocycles. The maximum atomic E-state index is 13.1. The fourth-order valence-electron chi connectivity index (χ4n) is 3.95. The number of anilines is 1. The normalized spacial score (nSPS) is 21.0. The monoisotopic (exact) mass is 436 g/mol. The molecule has 0 aliphatic carbocycles. The summed E-state index contributed by atoms with van der Waals surface area (Å²) in [6.45, 7) is 2.70. The van der Waals surface area contributed by atoms with Gasteiger partial charge in [-0.25, -0.2) is 8.42 Å². The van der Waals surface area contributed by atoms with Crippen molar-refractivity contribution in [2.75, 3.05) is 44.3 Å². The van der Waals surface area contributed by atoms with Gasteiger partial charge in [0.1, 0.15) is 0 Å². The molecule has 0 N–H and O–H groups in total. The van der Waals surface area contributed by atoms with Gasteiger partial charge in [-0.1, -0.05) is 0 Å². The third kappa shape index (κ3) is 3.89. The first-order valence-electron chi connectivity index (χ1n) is 9.84. The number of sulfonamides is 1. The number of nitro groups is 1. The number of non-ortho nitro benzene ring substituents is 1. The fourth-order valence-corrected chi connectivity index (χ4v) is 5.87. The first kappa shape index (κ1) is 20.7. The van der Waals surface area contributed by atoms with Gasteiger partial charge in [-0.2, -0.15) is 4.31 Å². The standard InChI is InChI=1S/C18H24N6O5S/c1-21-17(14-4-6-15(7-5-14)24(25)26)19-20-18(21)22-8-2-3-16(13-22)30(27,28)23-9-11-29-12-10-23/h4-7,16H,2-3,8-13H2,1H3/t16-/m1/s1. The zero-order valence-corrected chi connectivity index (χ0v) is 17.5. The number of nitro benzene ring substituents is 1. The molecular weight excluding hydrogens is 412 g/mol. The second-order valence-electron chi connectivity index (χ2n) is 7.45. The highest BCUT2D eigenvalue weighted by Gasteiger charge is 2.37. The number of hydrogen-bond donors (Lipinski definition) is 0. The molecule has 2 fully saturated rings. The van der Waals surface area contributed by atoms with Crippen LogP contribution >= 0.6 is 0 Å². The van der Waals surface area contributed by atoms with Crippen molar-refractivity contribution in [3.63, 3.8) is 0 Å². The minimum Gasteiger partial charge on any atom is -0.379 e. The summed E-state index contributed by atoms with van der Waals surface area (Å²) in [5, 5.41) is 18.9. The van der Waals surface area contributed by atoms with Crippen LogP contribution in [0.15, 0.2) is 24.3 Å². The zero-order valence-electron chi connectivity index (χ0n) is 16.7. The van der Waals surface area contributed by atoms with Gasteiger partial charge in [0.2, 0.25) is 16.0 Å². The highest BCUT2D eigenvalue weighted by molar-refractivity contribution is 7.89. The molecule has 30 heavy (non-hydrogen) atoms. The Hall–Kier alpha value is -2.57. The molecule has 12 heteroatoms. The number of piperidine rings is 1. The van der Waals surface area contributed by atoms with Crippen molar-refractivity contribution in [2.24, 2.45) is 7.05 Å². The van der Waals surface area contributed by atoms with Gasteiger partial charge in [-0.15, -0.1) is 10.2 Å². The van der Waals surface area contributed by atoms with Gasteiger partial charge in [0.15, 0.2) is 5.82 Å². The summed E-state index contributed by atoms with van der Waals surface area (Å²) in [6, 6.07) is 6.12. The summed E-state index contributed by atoms with van der Waals surface area (Å²) in [5.41, 5.74) is 0.713. The Bertz CT molecular complexity index is 1020. The van der Waals surface area contributed by atoms with Crippen molar-refractivity contribution in [3.8, 4) is 11.4 Å². The smallest absolute Gasteiger partial charge is 0.269 e. The molecule has 0 saturated carbocycles. The van der Waals surface area contributed by atoms with Gasteiger partial charge < -0.3 is 9.64 Å². The zero-order chi connectivity index (χ0) is 21.3. The summed E-state index contributed by atoms with van der Waals surface area (Å²) in [7, 11) is -1.60. The second-order valence-corrected chi connectivity index (χ2v) is 9.67. The lowest BCUT2D eigenvalue weighted by Gasteiger charge is -2.36. The molecular formula is C18H24N6O5S. The van der Waals surface area contributed by atoms with Crippen molar-refractivity contribution in [3.05, 3.63) is 34.4 Å². The van der Waals surface area contributed by atoms with E-state index in [1.165, 1.54) is 16.4 Å². The Labute approximate surface area is 174 Å². The quantitative estimate of drug-likeness (QED) is 0.503. The number of benzene rings is 1. The fraction of sp³-hybridized carbons (Fsp3) is 0.556. The van der Waals surface area contributed by atoms with Crippen LogP contribution in [0.1, 0.15) is 12.8 Å². The molecule has 0 spiro atoms.